The van der Waals surface area contributed by atoms with Gasteiger partial charge in [-0.15, -0.1) is 6.58 Å². The highest BCUT2D eigenvalue weighted by Gasteiger charge is 2.48. The molecule has 0 radical (unpaired) electrons. The molecule has 8 nitrogen and oxygen atoms in total. The van der Waals surface area contributed by atoms with Crippen LogP contribution in [0.4, 0.5) is 4.79 Å². The third kappa shape index (κ3) is 9.14. The molecule has 2 N–H and O–H groups in total. The highest BCUT2D eigenvalue weighted by atomic mass is 31.2. The van der Waals surface area contributed by atoms with Gasteiger partial charge in [-0.3, -0.25) is 9.05 Å². The van der Waals surface area contributed by atoms with E-state index in [-0.39, 0.29) is 19.8 Å². The minimum absolute atomic E-state index is 0.0708. The Hall–Kier alpha value is -0.920. The average molecular weight is 393 g/mol. The lowest BCUT2D eigenvalue weighted by Crippen LogP contribution is -2.29. The maximum absolute atomic E-state index is 11.7. The molecule has 0 aromatic rings. The summed E-state index contributed by atoms with van der Waals surface area (Å²) in [7, 11) is -2.87. The van der Waals surface area contributed by atoms with Crippen molar-refractivity contribution in [2.75, 3.05) is 40.1 Å². The van der Waals surface area contributed by atoms with Gasteiger partial charge in [0, 0.05) is 13.7 Å². The van der Waals surface area contributed by atoms with Gasteiger partial charge >= 0.3 is 13.9 Å². The quantitative estimate of drug-likeness (QED) is 0.250. The van der Waals surface area contributed by atoms with Crippen molar-refractivity contribution in [3.63, 3.8) is 0 Å². The number of allylic oxidation sites excluding steroid dienone is 1. The van der Waals surface area contributed by atoms with Crippen LogP contribution in [0.3, 0.4) is 0 Å². The molecule has 4 unspecified atom stereocenters. The van der Waals surface area contributed by atoms with Gasteiger partial charge in [0.25, 0.3) is 0 Å². The van der Waals surface area contributed by atoms with Gasteiger partial charge in [0.1, 0.15) is 0 Å². The van der Waals surface area contributed by atoms with Crippen molar-refractivity contribution in [2.24, 2.45) is 17.8 Å². The van der Waals surface area contributed by atoms with Crippen molar-refractivity contribution < 1.29 is 32.8 Å². The molecule has 1 rings (SSSR count). The Balaban J connectivity index is 2.05. The van der Waals surface area contributed by atoms with E-state index < -0.39 is 13.9 Å². The summed E-state index contributed by atoms with van der Waals surface area (Å²) >= 11 is 0. The molecule has 1 aliphatic carbocycles. The molecule has 0 heterocycles. The summed E-state index contributed by atoms with van der Waals surface area (Å²) in [4.78, 5) is 20.7. The number of rotatable bonds is 15. The SMILES string of the molecule is C=CCCC1C(CCC)C1COC(=O)NCCOCCOP(=O)(O)OC. The van der Waals surface area contributed by atoms with Gasteiger partial charge in [-0.1, -0.05) is 25.8 Å². The number of carbonyl (C=O) groups excluding carboxylic acids is 1. The third-order valence-corrected chi connectivity index (χ3v) is 5.44. The van der Waals surface area contributed by atoms with Crippen LogP contribution in [-0.4, -0.2) is 51.1 Å². The van der Waals surface area contributed by atoms with Gasteiger partial charge in [0.2, 0.25) is 0 Å². The molecule has 0 bridgehead atoms. The van der Waals surface area contributed by atoms with Crippen LogP contribution >= 0.6 is 7.82 Å². The van der Waals surface area contributed by atoms with Crippen LogP contribution in [0.5, 0.6) is 0 Å². The van der Waals surface area contributed by atoms with E-state index in [4.69, 9.17) is 14.4 Å². The summed E-state index contributed by atoms with van der Waals surface area (Å²) in [6, 6.07) is 0. The molecule has 0 spiro atoms. The molecular formula is C17H32NO7P. The van der Waals surface area contributed by atoms with E-state index in [1.54, 1.807) is 0 Å². The number of hydrogen-bond donors (Lipinski definition) is 2. The number of amides is 1. The summed E-state index contributed by atoms with van der Waals surface area (Å²) in [6.07, 6.45) is 5.93. The number of phosphoric ester groups is 1. The monoisotopic (exact) mass is 393 g/mol. The summed E-state index contributed by atoms with van der Waals surface area (Å²) < 4.78 is 30.3. The molecule has 1 amide bonds. The van der Waals surface area contributed by atoms with Crippen LogP contribution in [0.15, 0.2) is 12.7 Å². The Labute approximate surface area is 155 Å². The zero-order chi connectivity index (χ0) is 19.4. The van der Waals surface area contributed by atoms with Crippen molar-refractivity contribution in [1.29, 1.82) is 0 Å². The van der Waals surface area contributed by atoms with E-state index >= 15 is 0 Å². The first-order chi connectivity index (χ1) is 12.4. The zero-order valence-corrected chi connectivity index (χ0v) is 16.6. The first kappa shape index (κ1) is 23.1. The number of phosphoric acid groups is 1. The number of alkyl carbamates (subject to hydrolysis) is 1. The number of hydrogen-bond acceptors (Lipinski definition) is 6. The van der Waals surface area contributed by atoms with E-state index in [2.05, 4.69) is 27.9 Å². The summed E-state index contributed by atoms with van der Waals surface area (Å²) in [5.41, 5.74) is 0. The molecule has 0 aromatic heterocycles. The lowest BCUT2D eigenvalue weighted by Gasteiger charge is -2.10. The Morgan fingerprint density at radius 3 is 2.62 bits per heavy atom. The second kappa shape index (κ2) is 12.5. The van der Waals surface area contributed by atoms with E-state index in [1.807, 2.05) is 6.08 Å². The van der Waals surface area contributed by atoms with Gasteiger partial charge in [-0.25, -0.2) is 9.36 Å². The van der Waals surface area contributed by atoms with Gasteiger partial charge in [0.05, 0.1) is 26.4 Å². The first-order valence-corrected chi connectivity index (χ1v) is 10.6. The topological polar surface area (TPSA) is 103 Å². The average Bonchev–Trinajstić information content (AvgIpc) is 3.28. The summed E-state index contributed by atoms with van der Waals surface area (Å²) in [6.45, 7) is 6.99. The maximum atomic E-state index is 11.7. The fraction of sp³-hybridized carbons (Fsp3) is 0.824. The Kier molecular flexibility index (Phi) is 11.1. The smallest absolute Gasteiger partial charge is 0.449 e. The van der Waals surface area contributed by atoms with E-state index in [1.165, 1.54) is 6.42 Å². The molecule has 9 heteroatoms. The number of nitrogens with one attached hydrogen (secondary N) is 1. The largest absolute Gasteiger partial charge is 0.471 e. The normalized spacial score (nSPS) is 23.9. The molecule has 1 saturated carbocycles. The minimum Gasteiger partial charge on any atom is -0.449 e. The minimum atomic E-state index is -3.96. The predicted molar refractivity (Wildman–Crippen MR) is 97.8 cm³/mol. The third-order valence-electron chi connectivity index (χ3n) is 4.47. The lowest BCUT2D eigenvalue weighted by atomic mass is 10.1. The molecule has 0 aromatic carbocycles. The fourth-order valence-electron chi connectivity index (χ4n) is 3.09. The van der Waals surface area contributed by atoms with Crippen LogP contribution in [-0.2, 0) is 23.1 Å². The van der Waals surface area contributed by atoms with E-state index in [0.29, 0.717) is 30.9 Å². The lowest BCUT2D eigenvalue weighted by molar-refractivity contribution is 0.0807. The van der Waals surface area contributed by atoms with Crippen molar-refractivity contribution in [3.8, 4) is 0 Å². The van der Waals surface area contributed by atoms with E-state index in [0.717, 1.165) is 26.4 Å². The van der Waals surface area contributed by atoms with Crippen molar-refractivity contribution in [3.05, 3.63) is 12.7 Å². The summed E-state index contributed by atoms with van der Waals surface area (Å²) in [5.74, 6) is 1.76. The van der Waals surface area contributed by atoms with Crippen LogP contribution in [0.25, 0.3) is 0 Å². The molecule has 1 fully saturated rings. The fourth-order valence-corrected chi connectivity index (χ4v) is 3.50. The van der Waals surface area contributed by atoms with E-state index in [9.17, 15) is 9.36 Å². The summed E-state index contributed by atoms with van der Waals surface area (Å²) in [5, 5.41) is 2.62. The molecular weight excluding hydrogens is 361 g/mol. The molecule has 4 atom stereocenters. The Morgan fingerprint density at radius 1 is 1.23 bits per heavy atom. The van der Waals surface area contributed by atoms with Crippen LogP contribution in [0.2, 0.25) is 0 Å². The number of carbonyl (C=O) groups is 1. The maximum Gasteiger partial charge on any atom is 0.471 e. The van der Waals surface area contributed by atoms with Gasteiger partial charge in [-0.2, -0.15) is 0 Å². The van der Waals surface area contributed by atoms with Crippen molar-refractivity contribution in [2.45, 2.75) is 32.6 Å². The van der Waals surface area contributed by atoms with Crippen LogP contribution in [0, 0.1) is 17.8 Å². The number of ether oxygens (including phenoxy) is 2. The highest BCUT2D eigenvalue weighted by Crippen LogP contribution is 2.52. The van der Waals surface area contributed by atoms with Gasteiger partial charge < -0.3 is 19.7 Å². The Bertz CT molecular complexity index is 474. The standard InChI is InChI=1S/C17H32NO7P/c1-4-6-8-15-14(7-5-2)16(15)13-24-17(19)18-9-10-23-11-12-25-26(20,21)22-3/h4,14-16H,1,5-13H2,2-3H3,(H,18,19)(H,20,21). The molecule has 152 valence electrons. The van der Waals surface area contributed by atoms with Crippen LogP contribution in [0.1, 0.15) is 32.6 Å². The van der Waals surface area contributed by atoms with Crippen LogP contribution < -0.4 is 5.32 Å². The molecule has 26 heavy (non-hydrogen) atoms. The molecule has 0 aliphatic heterocycles. The molecule has 0 saturated heterocycles. The van der Waals surface area contributed by atoms with Gasteiger partial charge in [0.15, 0.2) is 0 Å². The Morgan fingerprint density at radius 2 is 1.96 bits per heavy atom. The van der Waals surface area contributed by atoms with Gasteiger partial charge in [-0.05, 0) is 30.6 Å². The predicted octanol–water partition coefficient (Wildman–Crippen LogP) is 3.12. The first-order valence-electron chi connectivity index (χ1n) is 9.07. The highest BCUT2D eigenvalue weighted by molar-refractivity contribution is 7.47. The van der Waals surface area contributed by atoms with Crippen molar-refractivity contribution >= 4 is 13.9 Å². The zero-order valence-electron chi connectivity index (χ0n) is 15.7. The van der Waals surface area contributed by atoms with Crippen molar-refractivity contribution in [1.82, 2.24) is 5.32 Å². The second-order valence-electron chi connectivity index (χ2n) is 6.27. The second-order valence-corrected chi connectivity index (χ2v) is 7.83. The molecule has 1 aliphatic rings.